The summed E-state index contributed by atoms with van der Waals surface area (Å²) in [4.78, 5) is 21.0. The molecule has 0 atom stereocenters. The summed E-state index contributed by atoms with van der Waals surface area (Å²) < 4.78 is 5.26. The number of hydrogen-bond donors (Lipinski definition) is 2. The maximum atomic E-state index is 12.4. The second-order valence-electron chi connectivity index (χ2n) is 5.82. The third-order valence-corrected chi connectivity index (χ3v) is 3.62. The largest absolute Gasteiger partial charge is 0.467 e. The number of carbonyl (C=O) groups excluding carboxylic acids is 1. The van der Waals surface area contributed by atoms with Crippen molar-refractivity contribution in [1.29, 1.82) is 0 Å². The standard InChI is InChI=1S/C19H20N4O2/c1-13-5-3-6-15(9-13)11-20-18(24)17-10-14(2)22-19(23-17)21-12-16-7-4-8-25-16/h3-10H,11-12H2,1-2H3,(H,20,24)(H,21,22,23). The Morgan fingerprint density at radius 3 is 2.72 bits per heavy atom. The second kappa shape index (κ2) is 7.61. The number of furan rings is 1. The van der Waals surface area contributed by atoms with E-state index in [4.69, 9.17) is 4.42 Å². The number of hydrogen-bond acceptors (Lipinski definition) is 5. The normalized spacial score (nSPS) is 10.5. The van der Waals surface area contributed by atoms with Crippen LogP contribution >= 0.6 is 0 Å². The van der Waals surface area contributed by atoms with Gasteiger partial charge in [-0.3, -0.25) is 4.79 Å². The fourth-order valence-electron chi connectivity index (χ4n) is 2.44. The molecule has 0 unspecified atom stereocenters. The minimum atomic E-state index is -0.229. The van der Waals surface area contributed by atoms with E-state index in [0.717, 1.165) is 22.6 Å². The van der Waals surface area contributed by atoms with Crippen LogP contribution in [0.3, 0.4) is 0 Å². The lowest BCUT2D eigenvalue weighted by atomic mass is 10.1. The molecule has 3 rings (SSSR count). The summed E-state index contributed by atoms with van der Waals surface area (Å²) in [5, 5.41) is 5.96. The molecular formula is C19H20N4O2. The van der Waals surface area contributed by atoms with E-state index in [1.54, 1.807) is 12.3 Å². The van der Waals surface area contributed by atoms with E-state index in [-0.39, 0.29) is 5.91 Å². The van der Waals surface area contributed by atoms with Gasteiger partial charge in [0.25, 0.3) is 5.91 Å². The van der Waals surface area contributed by atoms with Gasteiger partial charge in [-0.25, -0.2) is 9.97 Å². The molecule has 2 aromatic heterocycles. The molecule has 1 aromatic carbocycles. The summed E-state index contributed by atoms with van der Waals surface area (Å²) in [5.74, 6) is 0.945. The Balaban J connectivity index is 1.65. The first-order valence-corrected chi connectivity index (χ1v) is 8.06. The first-order valence-electron chi connectivity index (χ1n) is 8.06. The van der Waals surface area contributed by atoms with Gasteiger partial charge in [0.2, 0.25) is 5.95 Å². The number of aromatic nitrogens is 2. The summed E-state index contributed by atoms with van der Waals surface area (Å²) in [6.07, 6.45) is 1.61. The lowest BCUT2D eigenvalue weighted by Gasteiger charge is -2.09. The van der Waals surface area contributed by atoms with Gasteiger partial charge in [-0.2, -0.15) is 0 Å². The molecule has 0 aliphatic heterocycles. The number of rotatable bonds is 6. The average Bonchev–Trinajstić information content (AvgIpc) is 3.11. The maximum absolute atomic E-state index is 12.4. The van der Waals surface area contributed by atoms with Crippen molar-refractivity contribution < 1.29 is 9.21 Å². The molecule has 6 heteroatoms. The Labute approximate surface area is 146 Å². The molecule has 2 N–H and O–H groups in total. The number of nitrogens with zero attached hydrogens (tertiary/aromatic N) is 2. The van der Waals surface area contributed by atoms with E-state index in [9.17, 15) is 4.79 Å². The summed E-state index contributed by atoms with van der Waals surface area (Å²) in [7, 11) is 0. The molecule has 0 aliphatic carbocycles. The van der Waals surface area contributed by atoms with E-state index < -0.39 is 0 Å². The van der Waals surface area contributed by atoms with Crippen LogP contribution in [0.2, 0.25) is 0 Å². The Bertz CT molecular complexity index is 860. The Kier molecular flexibility index (Phi) is 5.09. The van der Waals surface area contributed by atoms with Crippen molar-refractivity contribution in [2.45, 2.75) is 26.9 Å². The van der Waals surface area contributed by atoms with Gasteiger partial charge in [0.1, 0.15) is 11.5 Å². The highest BCUT2D eigenvalue weighted by atomic mass is 16.3. The van der Waals surface area contributed by atoms with Crippen LogP contribution in [-0.4, -0.2) is 15.9 Å². The molecule has 0 bridgehead atoms. The van der Waals surface area contributed by atoms with Gasteiger partial charge in [-0.15, -0.1) is 0 Å². The Morgan fingerprint density at radius 2 is 1.96 bits per heavy atom. The number of amides is 1. The van der Waals surface area contributed by atoms with Gasteiger partial charge in [-0.1, -0.05) is 29.8 Å². The highest BCUT2D eigenvalue weighted by Crippen LogP contribution is 2.09. The molecule has 1 amide bonds. The first kappa shape index (κ1) is 16.7. The molecule has 6 nitrogen and oxygen atoms in total. The van der Waals surface area contributed by atoms with Crippen LogP contribution in [0.15, 0.2) is 53.1 Å². The topological polar surface area (TPSA) is 80.0 Å². The fraction of sp³-hybridized carbons (Fsp3) is 0.211. The Morgan fingerprint density at radius 1 is 1.08 bits per heavy atom. The number of anilines is 1. The van der Waals surface area contributed by atoms with Gasteiger partial charge >= 0.3 is 0 Å². The zero-order chi connectivity index (χ0) is 17.6. The van der Waals surface area contributed by atoms with Crippen LogP contribution in [0.25, 0.3) is 0 Å². The van der Waals surface area contributed by atoms with Crippen molar-refractivity contribution in [2.75, 3.05) is 5.32 Å². The van der Waals surface area contributed by atoms with E-state index in [1.165, 1.54) is 0 Å². The number of benzene rings is 1. The zero-order valence-corrected chi connectivity index (χ0v) is 14.2. The summed E-state index contributed by atoms with van der Waals surface area (Å²) in [6.45, 7) is 4.77. The highest BCUT2D eigenvalue weighted by Gasteiger charge is 2.11. The molecule has 25 heavy (non-hydrogen) atoms. The van der Waals surface area contributed by atoms with Crippen molar-refractivity contribution in [2.24, 2.45) is 0 Å². The third-order valence-electron chi connectivity index (χ3n) is 3.62. The Hall–Kier alpha value is -3.15. The minimum absolute atomic E-state index is 0.229. The van der Waals surface area contributed by atoms with Crippen LogP contribution < -0.4 is 10.6 Å². The van der Waals surface area contributed by atoms with Gasteiger partial charge in [0, 0.05) is 12.2 Å². The molecule has 0 saturated carbocycles. The van der Waals surface area contributed by atoms with Crippen molar-refractivity contribution in [3.63, 3.8) is 0 Å². The van der Waals surface area contributed by atoms with Gasteiger partial charge in [0.15, 0.2) is 0 Å². The second-order valence-corrected chi connectivity index (χ2v) is 5.82. The summed E-state index contributed by atoms with van der Waals surface area (Å²) in [5.41, 5.74) is 3.27. The van der Waals surface area contributed by atoms with Gasteiger partial charge < -0.3 is 15.1 Å². The number of carbonyl (C=O) groups is 1. The zero-order valence-electron chi connectivity index (χ0n) is 14.2. The van der Waals surface area contributed by atoms with Gasteiger partial charge in [0.05, 0.1) is 12.8 Å². The van der Waals surface area contributed by atoms with Crippen molar-refractivity contribution >= 4 is 11.9 Å². The lowest BCUT2D eigenvalue weighted by molar-refractivity contribution is 0.0945. The van der Waals surface area contributed by atoms with Crippen LogP contribution in [0.1, 0.15) is 33.1 Å². The molecule has 0 saturated heterocycles. The van der Waals surface area contributed by atoms with Crippen LogP contribution in [0, 0.1) is 13.8 Å². The number of nitrogens with one attached hydrogen (secondary N) is 2. The number of aryl methyl sites for hydroxylation is 2. The van der Waals surface area contributed by atoms with E-state index in [1.807, 2.05) is 50.2 Å². The average molecular weight is 336 g/mol. The maximum Gasteiger partial charge on any atom is 0.270 e. The minimum Gasteiger partial charge on any atom is -0.467 e. The van der Waals surface area contributed by atoms with Crippen LogP contribution in [0.5, 0.6) is 0 Å². The van der Waals surface area contributed by atoms with E-state index >= 15 is 0 Å². The summed E-state index contributed by atoms with van der Waals surface area (Å²) >= 11 is 0. The first-order chi connectivity index (χ1) is 12.1. The van der Waals surface area contributed by atoms with E-state index in [0.29, 0.717) is 24.7 Å². The molecule has 0 aliphatic rings. The monoisotopic (exact) mass is 336 g/mol. The predicted molar refractivity (Wildman–Crippen MR) is 95.2 cm³/mol. The quantitative estimate of drug-likeness (QED) is 0.722. The smallest absolute Gasteiger partial charge is 0.270 e. The fourth-order valence-corrected chi connectivity index (χ4v) is 2.44. The van der Waals surface area contributed by atoms with E-state index in [2.05, 4.69) is 20.6 Å². The molecule has 0 fully saturated rings. The van der Waals surface area contributed by atoms with Crippen molar-refractivity contribution in [3.8, 4) is 0 Å². The lowest BCUT2D eigenvalue weighted by Crippen LogP contribution is -2.24. The van der Waals surface area contributed by atoms with Crippen LogP contribution in [0.4, 0.5) is 5.95 Å². The molecule has 0 radical (unpaired) electrons. The third kappa shape index (κ3) is 4.67. The molecule has 128 valence electrons. The van der Waals surface area contributed by atoms with Crippen LogP contribution in [-0.2, 0) is 13.1 Å². The van der Waals surface area contributed by atoms with Crippen molar-refractivity contribution in [3.05, 3.63) is 77.0 Å². The predicted octanol–water partition coefficient (Wildman–Crippen LogP) is 3.23. The molecule has 3 aromatic rings. The highest BCUT2D eigenvalue weighted by molar-refractivity contribution is 5.92. The van der Waals surface area contributed by atoms with Gasteiger partial charge in [-0.05, 0) is 37.6 Å². The molecular weight excluding hydrogens is 316 g/mol. The molecule has 2 heterocycles. The summed E-state index contributed by atoms with van der Waals surface area (Å²) in [6, 6.07) is 13.4. The molecule has 0 spiro atoms. The SMILES string of the molecule is Cc1cccc(CNC(=O)c2cc(C)nc(NCc3ccco3)n2)c1. The van der Waals surface area contributed by atoms with Crippen molar-refractivity contribution in [1.82, 2.24) is 15.3 Å².